The SMILES string of the molecule is Cc1cc(NC(=O)CN2CC(O)C(O)C2)no1. The number of hydrogen-bond acceptors (Lipinski definition) is 6. The fourth-order valence-electron chi connectivity index (χ4n) is 1.79. The minimum Gasteiger partial charge on any atom is -0.389 e. The van der Waals surface area contributed by atoms with Gasteiger partial charge in [-0.1, -0.05) is 5.16 Å². The van der Waals surface area contributed by atoms with Crippen LogP contribution < -0.4 is 5.32 Å². The van der Waals surface area contributed by atoms with Crippen LogP contribution in [0.15, 0.2) is 10.6 Å². The first kappa shape index (κ1) is 12.0. The highest BCUT2D eigenvalue weighted by Crippen LogP contribution is 2.10. The Balaban J connectivity index is 1.82. The van der Waals surface area contributed by atoms with Gasteiger partial charge in [0.1, 0.15) is 5.76 Å². The number of amides is 1. The third-order valence-corrected chi connectivity index (χ3v) is 2.60. The summed E-state index contributed by atoms with van der Waals surface area (Å²) in [6.45, 7) is 2.44. The van der Waals surface area contributed by atoms with Crippen LogP contribution in [0.3, 0.4) is 0 Å². The highest BCUT2D eigenvalue weighted by molar-refractivity contribution is 5.91. The van der Waals surface area contributed by atoms with E-state index >= 15 is 0 Å². The predicted octanol–water partition coefficient (Wildman–Crippen LogP) is -1.04. The Kier molecular flexibility index (Phi) is 3.41. The third kappa shape index (κ3) is 3.02. The summed E-state index contributed by atoms with van der Waals surface area (Å²) in [5.74, 6) is 0.736. The minimum absolute atomic E-state index is 0.111. The zero-order valence-corrected chi connectivity index (χ0v) is 9.46. The number of carbonyl (C=O) groups is 1. The Morgan fingerprint density at radius 3 is 2.76 bits per heavy atom. The van der Waals surface area contributed by atoms with Crippen LogP contribution in [0.1, 0.15) is 5.76 Å². The quantitative estimate of drug-likeness (QED) is 0.625. The molecular formula is C10H15N3O4. The van der Waals surface area contributed by atoms with Gasteiger partial charge in [-0.25, -0.2) is 0 Å². The summed E-state index contributed by atoms with van der Waals surface area (Å²) >= 11 is 0. The molecule has 1 amide bonds. The summed E-state index contributed by atoms with van der Waals surface area (Å²) in [5.41, 5.74) is 0. The van der Waals surface area contributed by atoms with Crippen molar-refractivity contribution in [2.75, 3.05) is 25.0 Å². The van der Waals surface area contributed by atoms with E-state index in [0.29, 0.717) is 24.7 Å². The van der Waals surface area contributed by atoms with Gasteiger partial charge in [-0.3, -0.25) is 9.69 Å². The van der Waals surface area contributed by atoms with Crippen molar-refractivity contribution < 1.29 is 19.5 Å². The van der Waals surface area contributed by atoms with Crippen LogP contribution in [0.25, 0.3) is 0 Å². The molecule has 1 fully saturated rings. The molecular weight excluding hydrogens is 226 g/mol. The van der Waals surface area contributed by atoms with Crippen LogP contribution in [0.2, 0.25) is 0 Å². The number of likely N-dealkylation sites (tertiary alicyclic amines) is 1. The lowest BCUT2D eigenvalue weighted by atomic mass is 10.3. The molecule has 0 spiro atoms. The summed E-state index contributed by atoms with van der Waals surface area (Å²) in [4.78, 5) is 13.3. The Bertz CT molecular complexity index is 396. The van der Waals surface area contributed by atoms with Crippen molar-refractivity contribution in [3.8, 4) is 0 Å². The molecule has 1 aliphatic rings. The number of rotatable bonds is 3. The monoisotopic (exact) mass is 241 g/mol. The average molecular weight is 241 g/mol. The molecule has 0 saturated carbocycles. The number of aliphatic hydroxyl groups excluding tert-OH is 2. The van der Waals surface area contributed by atoms with E-state index in [2.05, 4.69) is 10.5 Å². The number of nitrogens with one attached hydrogen (secondary N) is 1. The zero-order valence-electron chi connectivity index (χ0n) is 9.46. The molecule has 2 rings (SSSR count). The number of carbonyl (C=O) groups excluding carboxylic acids is 1. The molecule has 7 nitrogen and oxygen atoms in total. The topological polar surface area (TPSA) is 98.8 Å². The Labute approximate surface area is 98.0 Å². The van der Waals surface area contributed by atoms with Crippen molar-refractivity contribution >= 4 is 11.7 Å². The molecule has 0 aliphatic carbocycles. The van der Waals surface area contributed by atoms with Crippen molar-refractivity contribution in [3.63, 3.8) is 0 Å². The molecule has 94 valence electrons. The van der Waals surface area contributed by atoms with E-state index in [1.54, 1.807) is 17.9 Å². The summed E-state index contributed by atoms with van der Waals surface area (Å²) in [5, 5.41) is 24.9. The maximum Gasteiger partial charge on any atom is 0.239 e. The minimum atomic E-state index is -0.780. The molecule has 3 N–H and O–H groups in total. The Morgan fingerprint density at radius 1 is 1.59 bits per heavy atom. The number of β-amino-alcohol motifs (C(OH)–C–C–N with tert-alkyl or cyclic N) is 2. The second kappa shape index (κ2) is 4.82. The second-order valence-corrected chi connectivity index (χ2v) is 4.20. The van der Waals surface area contributed by atoms with Gasteiger partial charge in [0.15, 0.2) is 5.82 Å². The van der Waals surface area contributed by atoms with Gasteiger partial charge in [-0.15, -0.1) is 0 Å². The highest BCUT2D eigenvalue weighted by atomic mass is 16.5. The van der Waals surface area contributed by atoms with Crippen LogP contribution in [0, 0.1) is 6.92 Å². The molecule has 2 heterocycles. The van der Waals surface area contributed by atoms with Gasteiger partial charge in [0.25, 0.3) is 0 Å². The number of anilines is 1. The van der Waals surface area contributed by atoms with Gasteiger partial charge in [0, 0.05) is 19.2 Å². The Morgan fingerprint density at radius 2 is 2.24 bits per heavy atom. The van der Waals surface area contributed by atoms with E-state index in [4.69, 9.17) is 4.52 Å². The molecule has 1 saturated heterocycles. The summed E-state index contributed by atoms with van der Waals surface area (Å²) in [7, 11) is 0. The van der Waals surface area contributed by atoms with Gasteiger partial charge >= 0.3 is 0 Å². The molecule has 2 unspecified atom stereocenters. The fraction of sp³-hybridized carbons (Fsp3) is 0.600. The molecule has 0 aromatic carbocycles. The van der Waals surface area contributed by atoms with Gasteiger partial charge in [0.05, 0.1) is 18.8 Å². The number of aryl methyl sites for hydroxylation is 1. The summed E-state index contributed by atoms with van der Waals surface area (Å²) < 4.78 is 4.81. The lowest BCUT2D eigenvalue weighted by Crippen LogP contribution is -2.32. The molecule has 7 heteroatoms. The average Bonchev–Trinajstić information content (AvgIpc) is 2.75. The first-order valence-electron chi connectivity index (χ1n) is 5.36. The molecule has 1 aliphatic heterocycles. The van der Waals surface area contributed by atoms with E-state index in [1.807, 2.05) is 0 Å². The number of aromatic nitrogens is 1. The number of hydrogen-bond donors (Lipinski definition) is 3. The smallest absolute Gasteiger partial charge is 0.239 e. The summed E-state index contributed by atoms with van der Waals surface area (Å²) in [6, 6.07) is 1.62. The van der Waals surface area contributed by atoms with E-state index in [-0.39, 0.29) is 12.5 Å². The molecule has 0 bridgehead atoms. The maximum absolute atomic E-state index is 11.6. The molecule has 0 radical (unpaired) electrons. The third-order valence-electron chi connectivity index (χ3n) is 2.60. The molecule has 1 aromatic rings. The first-order valence-corrected chi connectivity index (χ1v) is 5.36. The van der Waals surface area contributed by atoms with Crippen molar-refractivity contribution in [1.29, 1.82) is 0 Å². The van der Waals surface area contributed by atoms with E-state index < -0.39 is 12.2 Å². The number of nitrogens with zero attached hydrogens (tertiary/aromatic N) is 2. The zero-order chi connectivity index (χ0) is 12.4. The number of aliphatic hydroxyl groups is 2. The highest BCUT2D eigenvalue weighted by Gasteiger charge is 2.30. The molecule has 1 aromatic heterocycles. The van der Waals surface area contributed by atoms with E-state index in [9.17, 15) is 15.0 Å². The van der Waals surface area contributed by atoms with Crippen molar-refractivity contribution in [2.24, 2.45) is 0 Å². The molecule has 17 heavy (non-hydrogen) atoms. The summed E-state index contributed by atoms with van der Waals surface area (Å²) in [6.07, 6.45) is -1.56. The van der Waals surface area contributed by atoms with Gasteiger partial charge in [-0.05, 0) is 6.92 Å². The van der Waals surface area contributed by atoms with Crippen molar-refractivity contribution in [1.82, 2.24) is 10.1 Å². The van der Waals surface area contributed by atoms with Crippen molar-refractivity contribution in [3.05, 3.63) is 11.8 Å². The van der Waals surface area contributed by atoms with Gasteiger partial charge in [-0.2, -0.15) is 0 Å². The fourth-order valence-corrected chi connectivity index (χ4v) is 1.79. The van der Waals surface area contributed by atoms with Gasteiger partial charge in [0.2, 0.25) is 5.91 Å². The lowest BCUT2D eigenvalue weighted by molar-refractivity contribution is -0.117. The standard InChI is InChI=1S/C10H15N3O4/c1-6-2-9(12-17-6)11-10(16)5-13-3-7(14)8(15)4-13/h2,7-8,14-15H,3-5H2,1H3,(H,11,12,16). The first-order chi connectivity index (χ1) is 8.04. The van der Waals surface area contributed by atoms with Crippen LogP contribution in [-0.4, -0.2) is 58.0 Å². The predicted molar refractivity (Wildman–Crippen MR) is 58.3 cm³/mol. The van der Waals surface area contributed by atoms with E-state index in [0.717, 1.165) is 0 Å². The normalized spacial score (nSPS) is 25.1. The second-order valence-electron chi connectivity index (χ2n) is 4.20. The molecule has 2 atom stereocenters. The van der Waals surface area contributed by atoms with E-state index in [1.165, 1.54) is 0 Å². The largest absolute Gasteiger partial charge is 0.389 e. The van der Waals surface area contributed by atoms with Gasteiger partial charge < -0.3 is 20.1 Å². The van der Waals surface area contributed by atoms with Crippen LogP contribution in [0.4, 0.5) is 5.82 Å². The van der Waals surface area contributed by atoms with Crippen LogP contribution >= 0.6 is 0 Å². The lowest BCUT2D eigenvalue weighted by Gasteiger charge is -2.13. The Hall–Kier alpha value is -1.44. The van der Waals surface area contributed by atoms with Crippen LogP contribution in [0.5, 0.6) is 0 Å². The van der Waals surface area contributed by atoms with Crippen molar-refractivity contribution in [2.45, 2.75) is 19.1 Å². The van der Waals surface area contributed by atoms with Crippen LogP contribution in [-0.2, 0) is 4.79 Å². The maximum atomic E-state index is 11.6.